The average Bonchev–Trinajstić information content (AvgIpc) is 3.10. The lowest BCUT2D eigenvalue weighted by atomic mass is 9.79. The monoisotopic (exact) mass is 499 g/mol. The Morgan fingerprint density at radius 2 is 1.82 bits per heavy atom. The SMILES string of the molecule is CCn1nc(C(=O)NCC2(O)CCC(C)CC2)c(Cl)c1-c1ccc(CC(C)(C)C(F)(F)F)cc1. The fourth-order valence-electron chi connectivity index (χ4n) is 4.29. The van der Waals surface area contributed by atoms with Crippen molar-refractivity contribution >= 4 is 17.5 Å². The van der Waals surface area contributed by atoms with Gasteiger partial charge in [0.1, 0.15) is 0 Å². The molecule has 1 saturated carbocycles. The van der Waals surface area contributed by atoms with Gasteiger partial charge in [0.15, 0.2) is 5.69 Å². The van der Waals surface area contributed by atoms with E-state index in [1.54, 1.807) is 28.9 Å². The number of nitrogens with zero attached hydrogens (tertiary/aromatic N) is 2. The molecule has 0 radical (unpaired) electrons. The van der Waals surface area contributed by atoms with E-state index >= 15 is 0 Å². The zero-order valence-electron chi connectivity index (χ0n) is 20.1. The third kappa shape index (κ3) is 5.77. The molecule has 0 aliphatic heterocycles. The third-order valence-corrected chi connectivity index (χ3v) is 7.19. The summed E-state index contributed by atoms with van der Waals surface area (Å²) >= 11 is 6.56. The van der Waals surface area contributed by atoms with Gasteiger partial charge in [-0.05, 0) is 50.5 Å². The molecular formula is C25H33ClF3N3O2. The van der Waals surface area contributed by atoms with Crippen LogP contribution in [-0.4, -0.2) is 39.1 Å². The van der Waals surface area contributed by atoms with Gasteiger partial charge in [-0.15, -0.1) is 0 Å². The summed E-state index contributed by atoms with van der Waals surface area (Å²) in [7, 11) is 0. The summed E-state index contributed by atoms with van der Waals surface area (Å²) in [6, 6.07) is 6.69. The Kier molecular flexibility index (Phi) is 7.73. The van der Waals surface area contributed by atoms with Crippen LogP contribution in [0.4, 0.5) is 13.2 Å². The van der Waals surface area contributed by atoms with E-state index in [0.717, 1.165) is 12.8 Å². The van der Waals surface area contributed by atoms with Gasteiger partial charge in [-0.25, -0.2) is 0 Å². The van der Waals surface area contributed by atoms with Crippen molar-refractivity contribution in [2.24, 2.45) is 11.3 Å². The van der Waals surface area contributed by atoms with Crippen LogP contribution in [-0.2, 0) is 13.0 Å². The van der Waals surface area contributed by atoms with Gasteiger partial charge in [-0.2, -0.15) is 18.3 Å². The van der Waals surface area contributed by atoms with Gasteiger partial charge in [-0.3, -0.25) is 9.48 Å². The van der Waals surface area contributed by atoms with Crippen LogP contribution in [0.3, 0.4) is 0 Å². The van der Waals surface area contributed by atoms with Crippen molar-refractivity contribution in [3.05, 3.63) is 40.5 Å². The van der Waals surface area contributed by atoms with Gasteiger partial charge >= 0.3 is 6.18 Å². The fourth-order valence-corrected chi connectivity index (χ4v) is 4.62. The first-order valence-electron chi connectivity index (χ1n) is 11.7. The molecular weight excluding hydrogens is 467 g/mol. The average molecular weight is 500 g/mol. The molecule has 1 amide bonds. The highest BCUT2D eigenvalue weighted by molar-refractivity contribution is 6.36. The molecule has 9 heteroatoms. The molecule has 2 aromatic rings. The molecule has 1 aliphatic carbocycles. The Labute approximate surface area is 203 Å². The lowest BCUT2D eigenvalue weighted by Gasteiger charge is -2.34. The molecule has 0 atom stereocenters. The first-order chi connectivity index (χ1) is 15.8. The van der Waals surface area contributed by atoms with Crippen LogP contribution in [0.15, 0.2) is 24.3 Å². The van der Waals surface area contributed by atoms with Gasteiger partial charge in [0.25, 0.3) is 5.91 Å². The number of carbonyl (C=O) groups is 1. The predicted molar refractivity (Wildman–Crippen MR) is 127 cm³/mol. The predicted octanol–water partition coefficient (Wildman–Crippen LogP) is 6.03. The van der Waals surface area contributed by atoms with Gasteiger partial charge in [-0.1, -0.05) is 56.6 Å². The number of halogens is 4. The molecule has 1 aliphatic rings. The molecule has 1 fully saturated rings. The minimum Gasteiger partial charge on any atom is -0.388 e. The Morgan fingerprint density at radius 1 is 1.24 bits per heavy atom. The molecule has 0 spiro atoms. The summed E-state index contributed by atoms with van der Waals surface area (Å²) < 4.78 is 41.3. The minimum absolute atomic E-state index is 0.0635. The van der Waals surface area contributed by atoms with Gasteiger partial charge < -0.3 is 10.4 Å². The topological polar surface area (TPSA) is 67.2 Å². The number of alkyl halides is 3. The molecule has 34 heavy (non-hydrogen) atoms. The quantitative estimate of drug-likeness (QED) is 0.489. The van der Waals surface area contributed by atoms with Crippen LogP contribution >= 0.6 is 11.6 Å². The van der Waals surface area contributed by atoms with Crippen molar-refractivity contribution < 1.29 is 23.1 Å². The molecule has 0 unspecified atom stereocenters. The summed E-state index contributed by atoms with van der Waals surface area (Å²) in [5.74, 6) is 0.105. The number of carbonyl (C=O) groups excluding carboxylic acids is 1. The largest absolute Gasteiger partial charge is 0.394 e. The van der Waals surface area contributed by atoms with Crippen LogP contribution in [0.2, 0.25) is 5.02 Å². The van der Waals surface area contributed by atoms with Crippen LogP contribution in [0.25, 0.3) is 11.3 Å². The highest BCUT2D eigenvalue weighted by Crippen LogP contribution is 2.40. The van der Waals surface area contributed by atoms with Gasteiger partial charge in [0, 0.05) is 18.7 Å². The first-order valence-corrected chi connectivity index (χ1v) is 12.1. The number of aliphatic hydroxyl groups is 1. The Balaban J connectivity index is 1.77. The van der Waals surface area contributed by atoms with E-state index in [1.807, 2.05) is 6.92 Å². The summed E-state index contributed by atoms with van der Waals surface area (Å²) in [5, 5.41) is 18.1. The zero-order valence-corrected chi connectivity index (χ0v) is 20.9. The normalized spacial score (nSPS) is 21.5. The van der Waals surface area contributed by atoms with Crippen LogP contribution in [0.5, 0.6) is 0 Å². The second-order valence-corrected chi connectivity index (χ2v) is 10.5. The maximum Gasteiger partial charge on any atom is 0.394 e. The maximum atomic E-state index is 13.2. The summed E-state index contributed by atoms with van der Waals surface area (Å²) in [6.07, 6.45) is -1.35. The van der Waals surface area contributed by atoms with E-state index in [2.05, 4.69) is 17.3 Å². The molecule has 188 valence electrons. The molecule has 1 heterocycles. The van der Waals surface area contributed by atoms with Crippen LogP contribution in [0, 0.1) is 11.3 Å². The lowest BCUT2D eigenvalue weighted by molar-refractivity contribution is -0.211. The van der Waals surface area contributed by atoms with E-state index < -0.39 is 23.1 Å². The fraction of sp³-hybridized carbons (Fsp3) is 0.600. The summed E-state index contributed by atoms with van der Waals surface area (Å²) in [6.45, 7) is 6.96. The standard InChI is InChI=1S/C25H33ClF3N3O2/c1-5-32-21(18-8-6-17(7-9-18)14-23(3,4)25(27,28)29)19(26)20(31-32)22(33)30-15-24(34)12-10-16(2)11-13-24/h6-9,16,34H,5,10-15H2,1-4H3,(H,30,33). The molecule has 1 aromatic heterocycles. The van der Waals surface area contributed by atoms with Gasteiger partial charge in [0.2, 0.25) is 0 Å². The Bertz CT molecular complexity index is 1010. The van der Waals surface area contributed by atoms with Crippen molar-refractivity contribution in [3.8, 4) is 11.3 Å². The van der Waals surface area contributed by atoms with Crippen molar-refractivity contribution in [3.63, 3.8) is 0 Å². The van der Waals surface area contributed by atoms with E-state index in [4.69, 9.17) is 11.6 Å². The molecule has 0 bridgehead atoms. The second kappa shape index (κ2) is 9.90. The summed E-state index contributed by atoms with van der Waals surface area (Å²) in [4.78, 5) is 12.8. The number of amides is 1. The first kappa shape index (κ1) is 26.5. The number of benzene rings is 1. The maximum absolute atomic E-state index is 13.2. The number of hydrogen-bond donors (Lipinski definition) is 2. The number of rotatable bonds is 7. The number of aromatic nitrogens is 2. The third-order valence-electron chi connectivity index (χ3n) is 6.83. The Morgan fingerprint density at radius 3 is 2.35 bits per heavy atom. The summed E-state index contributed by atoms with van der Waals surface area (Å²) in [5.41, 5.74) is -0.965. The smallest absolute Gasteiger partial charge is 0.388 e. The van der Waals surface area contributed by atoms with Crippen molar-refractivity contribution in [2.45, 2.75) is 78.1 Å². The van der Waals surface area contributed by atoms with Crippen LogP contribution < -0.4 is 5.32 Å². The molecule has 3 rings (SSSR count). The van der Waals surface area contributed by atoms with Crippen molar-refractivity contribution in [2.75, 3.05) is 6.54 Å². The molecule has 1 aromatic carbocycles. The minimum atomic E-state index is -4.30. The number of nitrogens with one attached hydrogen (secondary N) is 1. The highest BCUT2D eigenvalue weighted by atomic mass is 35.5. The number of hydrogen-bond acceptors (Lipinski definition) is 3. The molecule has 5 nitrogen and oxygen atoms in total. The van der Waals surface area contributed by atoms with Crippen molar-refractivity contribution in [1.82, 2.24) is 15.1 Å². The van der Waals surface area contributed by atoms with Gasteiger partial charge in [0.05, 0.1) is 21.7 Å². The van der Waals surface area contributed by atoms with Crippen LogP contribution in [0.1, 0.15) is 69.4 Å². The molecule has 2 N–H and O–H groups in total. The number of aryl methyl sites for hydroxylation is 1. The van der Waals surface area contributed by atoms with E-state index in [0.29, 0.717) is 42.1 Å². The zero-order chi connectivity index (χ0) is 25.3. The van der Waals surface area contributed by atoms with E-state index in [1.165, 1.54) is 13.8 Å². The lowest BCUT2D eigenvalue weighted by Crippen LogP contribution is -2.45. The van der Waals surface area contributed by atoms with Crippen molar-refractivity contribution in [1.29, 1.82) is 0 Å². The van der Waals surface area contributed by atoms with E-state index in [9.17, 15) is 23.1 Å². The second-order valence-electron chi connectivity index (χ2n) is 10.2. The Hall–Kier alpha value is -2.06. The molecule has 0 saturated heterocycles. The highest BCUT2D eigenvalue weighted by Gasteiger charge is 2.47. The van der Waals surface area contributed by atoms with E-state index in [-0.39, 0.29) is 23.7 Å².